The fourth-order valence-corrected chi connectivity index (χ4v) is 2.83. The largest absolute Gasteiger partial charge is 0.406 e. The summed E-state index contributed by atoms with van der Waals surface area (Å²) in [4.78, 5) is 23.4. The van der Waals surface area contributed by atoms with Crippen LogP contribution in [0.2, 0.25) is 10.0 Å². The van der Waals surface area contributed by atoms with Crippen molar-refractivity contribution in [1.82, 2.24) is 4.90 Å². The van der Waals surface area contributed by atoms with Gasteiger partial charge in [0, 0.05) is 27.2 Å². The minimum atomic E-state index is -4.69. The number of hydrogen-bond acceptors (Lipinski definition) is 3. The fraction of sp³-hybridized carbons (Fsp3) is 0.188. The van der Waals surface area contributed by atoms with E-state index in [2.05, 4.69) is 0 Å². The summed E-state index contributed by atoms with van der Waals surface area (Å²) in [5, 5.41) is 11.2. The zero-order valence-corrected chi connectivity index (χ0v) is 14.5. The van der Waals surface area contributed by atoms with Crippen molar-refractivity contribution in [3.8, 4) is 0 Å². The van der Waals surface area contributed by atoms with Gasteiger partial charge in [0.25, 0.3) is 11.6 Å². The molecule has 0 saturated heterocycles. The Morgan fingerprint density at radius 2 is 1.69 bits per heavy atom. The molecule has 0 aromatic heterocycles. The van der Waals surface area contributed by atoms with Crippen molar-refractivity contribution in [3.63, 3.8) is 0 Å². The Kier molecular flexibility index (Phi) is 6.09. The fourth-order valence-electron chi connectivity index (χ4n) is 2.30. The molecule has 10 heteroatoms. The van der Waals surface area contributed by atoms with Gasteiger partial charge >= 0.3 is 6.18 Å². The molecule has 0 heterocycles. The molecule has 0 spiro atoms. The molecule has 0 N–H and O–H groups in total. The molecule has 0 saturated carbocycles. The lowest BCUT2D eigenvalue weighted by Gasteiger charge is -2.24. The molecule has 0 unspecified atom stereocenters. The summed E-state index contributed by atoms with van der Waals surface area (Å²) in [6.45, 7) is -2.18. The Labute approximate surface area is 156 Å². The predicted octanol–water partition coefficient (Wildman–Crippen LogP) is 5.11. The quantitative estimate of drug-likeness (QED) is 0.512. The van der Waals surface area contributed by atoms with E-state index in [0.29, 0.717) is 4.90 Å². The van der Waals surface area contributed by atoms with Crippen molar-refractivity contribution >= 4 is 34.8 Å². The summed E-state index contributed by atoms with van der Waals surface area (Å²) < 4.78 is 38.8. The number of alkyl halides is 3. The predicted molar refractivity (Wildman–Crippen MR) is 90.4 cm³/mol. The van der Waals surface area contributed by atoms with Crippen molar-refractivity contribution in [1.29, 1.82) is 0 Å². The highest BCUT2D eigenvalue weighted by Gasteiger charge is 2.34. The van der Waals surface area contributed by atoms with Gasteiger partial charge in [-0.2, -0.15) is 13.2 Å². The van der Waals surface area contributed by atoms with Gasteiger partial charge in [-0.1, -0.05) is 41.4 Å². The zero-order chi connectivity index (χ0) is 19.5. The van der Waals surface area contributed by atoms with Crippen molar-refractivity contribution in [2.45, 2.75) is 12.7 Å². The standard InChI is InChI=1S/C16H11Cl2F3N2O3/c17-12-5-11(6-13(18)7-12)15(24)22(9-16(19,20)21)8-10-3-1-2-4-14(10)23(25)26/h1-7H,8-9H2. The van der Waals surface area contributed by atoms with E-state index in [9.17, 15) is 28.1 Å². The average molecular weight is 407 g/mol. The molecule has 5 nitrogen and oxygen atoms in total. The van der Waals surface area contributed by atoms with Gasteiger partial charge in [-0.05, 0) is 18.2 Å². The second-order valence-electron chi connectivity index (χ2n) is 5.32. The number of amides is 1. The van der Waals surface area contributed by atoms with Gasteiger partial charge in [-0.3, -0.25) is 14.9 Å². The lowest BCUT2D eigenvalue weighted by molar-refractivity contribution is -0.385. The van der Waals surface area contributed by atoms with Crippen LogP contribution < -0.4 is 0 Å². The van der Waals surface area contributed by atoms with Crippen LogP contribution in [0.15, 0.2) is 42.5 Å². The molecule has 0 aliphatic carbocycles. The topological polar surface area (TPSA) is 63.5 Å². The first-order valence-corrected chi connectivity index (χ1v) is 7.87. The normalized spacial score (nSPS) is 11.3. The van der Waals surface area contributed by atoms with Gasteiger partial charge in [-0.25, -0.2) is 0 Å². The highest BCUT2D eigenvalue weighted by atomic mass is 35.5. The van der Waals surface area contributed by atoms with Gasteiger partial charge in [0.1, 0.15) is 6.54 Å². The number of nitrogens with zero attached hydrogens (tertiary/aromatic N) is 2. The highest BCUT2D eigenvalue weighted by molar-refractivity contribution is 6.35. The summed E-state index contributed by atoms with van der Waals surface area (Å²) in [7, 11) is 0. The lowest BCUT2D eigenvalue weighted by atomic mass is 10.1. The van der Waals surface area contributed by atoms with E-state index in [-0.39, 0.29) is 26.9 Å². The minimum Gasteiger partial charge on any atom is -0.325 e. The van der Waals surface area contributed by atoms with E-state index in [4.69, 9.17) is 23.2 Å². The first kappa shape index (κ1) is 20.0. The molecule has 0 fully saturated rings. The van der Waals surface area contributed by atoms with E-state index >= 15 is 0 Å². The molecular weight excluding hydrogens is 396 g/mol. The number of carbonyl (C=O) groups is 1. The van der Waals surface area contributed by atoms with Gasteiger partial charge in [-0.15, -0.1) is 0 Å². The zero-order valence-electron chi connectivity index (χ0n) is 13.0. The molecule has 0 radical (unpaired) electrons. The van der Waals surface area contributed by atoms with Crippen LogP contribution in [0.4, 0.5) is 18.9 Å². The van der Waals surface area contributed by atoms with Crippen molar-refractivity contribution in [3.05, 3.63) is 73.8 Å². The van der Waals surface area contributed by atoms with Crippen LogP contribution >= 0.6 is 23.2 Å². The Hall–Kier alpha value is -2.32. The van der Waals surface area contributed by atoms with Crippen LogP contribution in [-0.2, 0) is 6.54 Å². The first-order valence-electron chi connectivity index (χ1n) is 7.11. The van der Waals surface area contributed by atoms with Crippen LogP contribution in [0.25, 0.3) is 0 Å². The minimum absolute atomic E-state index is 0.0248. The maximum absolute atomic E-state index is 12.9. The number of nitro groups is 1. The molecule has 2 aromatic rings. The number of benzene rings is 2. The lowest BCUT2D eigenvalue weighted by Crippen LogP contribution is -2.38. The third-order valence-corrected chi connectivity index (χ3v) is 3.75. The van der Waals surface area contributed by atoms with Gasteiger partial charge in [0.2, 0.25) is 0 Å². The third kappa shape index (κ3) is 5.34. The second-order valence-corrected chi connectivity index (χ2v) is 6.19. The maximum Gasteiger partial charge on any atom is 0.406 e. The van der Waals surface area contributed by atoms with Crippen molar-refractivity contribution in [2.24, 2.45) is 0 Å². The molecule has 0 aliphatic rings. The summed E-state index contributed by atoms with van der Waals surface area (Å²) >= 11 is 11.6. The monoisotopic (exact) mass is 406 g/mol. The molecular formula is C16H11Cl2F3N2O3. The van der Waals surface area contributed by atoms with E-state index in [0.717, 1.165) is 6.07 Å². The third-order valence-electron chi connectivity index (χ3n) is 3.32. The summed E-state index contributed by atoms with van der Waals surface area (Å²) in [5.41, 5.74) is -0.551. The Morgan fingerprint density at radius 1 is 1.12 bits per heavy atom. The Bertz CT molecular complexity index is 823. The van der Waals surface area contributed by atoms with Crippen LogP contribution in [-0.4, -0.2) is 28.5 Å². The van der Waals surface area contributed by atoms with Crippen molar-refractivity contribution < 1.29 is 22.9 Å². The van der Waals surface area contributed by atoms with Gasteiger partial charge in [0.05, 0.1) is 11.5 Å². The molecule has 26 heavy (non-hydrogen) atoms. The molecule has 2 aromatic carbocycles. The summed E-state index contributed by atoms with van der Waals surface area (Å²) in [6.07, 6.45) is -4.69. The van der Waals surface area contributed by atoms with Crippen molar-refractivity contribution in [2.75, 3.05) is 6.54 Å². The van der Waals surface area contributed by atoms with E-state index in [1.54, 1.807) is 0 Å². The van der Waals surface area contributed by atoms with Gasteiger partial charge in [0.15, 0.2) is 0 Å². The van der Waals surface area contributed by atoms with Crippen LogP contribution in [0.5, 0.6) is 0 Å². The Morgan fingerprint density at radius 3 is 2.23 bits per heavy atom. The van der Waals surface area contributed by atoms with E-state index in [1.807, 2.05) is 0 Å². The Balaban J connectivity index is 2.41. The molecule has 138 valence electrons. The average Bonchev–Trinajstić information content (AvgIpc) is 2.51. The molecule has 1 amide bonds. The van der Waals surface area contributed by atoms with E-state index in [1.165, 1.54) is 36.4 Å². The number of rotatable bonds is 5. The van der Waals surface area contributed by atoms with E-state index < -0.39 is 30.1 Å². The number of para-hydroxylation sites is 1. The highest BCUT2D eigenvalue weighted by Crippen LogP contribution is 2.26. The smallest absolute Gasteiger partial charge is 0.325 e. The van der Waals surface area contributed by atoms with Gasteiger partial charge < -0.3 is 4.90 Å². The second kappa shape index (κ2) is 7.92. The van der Waals surface area contributed by atoms with Crippen LogP contribution in [0, 0.1) is 10.1 Å². The first-order chi connectivity index (χ1) is 12.1. The number of nitro benzene ring substituents is 1. The summed E-state index contributed by atoms with van der Waals surface area (Å²) in [5.74, 6) is -0.995. The van der Waals surface area contributed by atoms with Crippen LogP contribution in [0.3, 0.4) is 0 Å². The number of carbonyl (C=O) groups excluding carboxylic acids is 1. The maximum atomic E-state index is 12.9. The molecule has 0 atom stereocenters. The number of hydrogen-bond donors (Lipinski definition) is 0. The summed E-state index contributed by atoms with van der Waals surface area (Å²) in [6, 6.07) is 8.96. The van der Waals surface area contributed by atoms with Crippen LogP contribution in [0.1, 0.15) is 15.9 Å². The number of halogens is 5. The molecule has 2 rings (SSSR count). The molecule has 0 aliphatic heterocycles. The molecule has 0 bridgehead atoms. The SMILES string of the molecule is O=C(c1cc(Cl)cc(Cl)c1)N(Cc1ccccc1[N+](=O)[O-])CC(F)(F)F.